The zero-order valence-corrected chi connectivity index (χ0v) is 21.8. The summed E-state index contributed by atoms with van der Waals surface area (Å²) in [6.45, 7) is 2.49. The summed E-state index contributed by atoms with van der Waals surface area (Å²) in [4.78, 5) is 24.9. The van der Waals surface area contributed by atoms with E-state index in [0.717, 1.165) is 5.56 Å². The summed E-state index contributed by atoms with van der Waals surface area (Å²) in [6, 6.07) is 26.5. The first-order valence-electron chi connectivity index (χ1n) is 12.1. The number of benzene rings is 4. The fourth-order valence-electron chi connectivity index (χ4n) is 3.53. The number of rotatable bonds is 10. The average molecular weight is 525 g/mol. The van der Waals surface area contributed by atoms with Crippen LogP contribution >= 0.6 is 0 Å². The largest absolute Gasteiger partial charge is 0.493 e. The Bertz CT molecular complexity index is 1450. The maximum atomic E-state index is 12.5. The number of aryl methyl sites for hydroxylation is 1. The van der Waals surface area contributed by atoms with Crippen LogP contribution in [0.1, 0.15) is 37.4 Å². The molecule has 0 spiro atoms. The van der Waals surface area contributed by atoms with Gasteiger partial charge < -0.3 is 18.9 Å². The van der Waals surface area contributed by atoms with Crippen LogP contribution in [0.2, 0.25) is 0 Å². The van der Waals surface area contributed by atoms with E-state index >= 15 is 0 Å². The van der Waals surface area contributed by atoms with Gasteiger partial charge in [-0.2, -0.15) is 5.10 Å². The normalized spacial score (nSPS) is 10.6. The van der Waals surface area contributed by atoms with Gasteiger partial charge in [0.1, 0.15) is 18.1 Å². The molecule has 0 unspecified atom stereocenters. The van der Waals surface area contributed by atoms with Crippen molar-refractivity contribution in [1.29, 1.82) is 0 Å². The molecular formula is C31H28N2O6. The Morgan fingerprint density at radius 1 is 0.769 bits per heavy atom. The van der Waals surface area contributed by atoms with E-state index in [0.29, 0.717) is 46.3 Å². The summed E-state index contributed by atoms with van der Waals surface area (Å²) in [5.74, 6) is 1.10. The van der Waals surface area contributed by atoms with E-state index in [1.807, 2.05) is 31.2 Å². The number of carbonyl (C=O) groups excluding carboxylic acids is 2. The molecule has 0 heterocycles. The Labute approximate surface area is 226 Å². The molecule has 8 heteroatoms. The first-order chi connectivity index (χ1) is 18.9. The second-order valence-corrected chi connectivity index (χ2v) is 8.53. The number of nitrogens with one attached hydrogen (secondary N) is 1. The lowest BCUT2D eigenvalue weighted by atomic mass is 10.2. The van der Waals surface area contributed by atoms with Crippen LogP contribution in [0.3, 0.4) is 0 Å². The summed E-state index contributed by atoms with van der Waals surface area (Å²) in [5.41, 5.74) is 6.25. The van der Waals surface area contributed by atoms with E-state index in [9.17, 15) is 9.59 Å². The highest BCUT2D eigenvalue weighted by Crippen LogP contribution is 2.28. The van der Waals surface area contributed by atoms with Gasteiger partial charge in [0, 0.05) is 5.56 Å². The molecule has 0 aliphatic rings. The molecule has 4 rings (SSSR count). The first kappa shape index (κ1) is 26.9. The van der Waals surface area contributed by atoms with E-state index < -0.39 is 5.97 Å². The average Bonchev–Trinajstić information content (AvgIpc) is 2.97. The number of hydrogen-bond acceptors (Lipinski definition) is 7. The molecule has 0 aliphatic carbocycles. The highest BCUT2D eigenvalue weighted by molar-refractivity contribution is 5.95. The molecule has 0 fully saturated rings. The van der Waals surface area contributed by atoms with E-state index in [2.05, 4.69) is 10.5 Å². The summed E-state index contributed by atoms with van der Waals surface area (Å²) < 4.78 is 21.6. The zero-order chi connectivity index (χ0) is 27.6. The van der Waals surface area contributed by atoms with E-state index in [1.54, 1.807) is 66.7 Å². The van der Waals surface area contributed by atoms with Crippen molar-refractivity contribution in [2.24, 2.45) is 5.10 Å². The SMILES string of the molecule is COc1ccc(C(=O)Oc2ccc(/C=N\NC(=O)c3ccc(OCc4ccc(C)cc4)cc3)cc2)cc1OC. The summed E-state index contributed by atoms with van der Waals surface area (Å²) >= 11 is 0. The smallest absolute Gasteiger partial charge is 0.343 e. The van der Waals surface area contributed by atoms with Crippen LogP contribution in [0.15, 0.2) is 96.1 Å². The number of hydrazone groups is 1. The van der Waals surface area contributed by atoms with Gasteiger partial charge in [-0.3, -0.25) is 4.79 Å². The van der Waals surface area contributed by atoms with Crippen molar-refractivity contribution >= 4 is 18.1 Å². The van der Waals surface area contributed by atoms with Crippen LogP contribution in [0.25, 0.3) is 0 Å². The van der Waals surface area contributed by atoms with Crippen LogP contribution < -0.4 is 24.4 Å². The van der Waals surface area contributed by atoms with Gasteiger partial charge in [-0.25, -0.2) is 10.2 Å². The lowest BCUT2D eigenvalue weighted by molar-refractivity contribution is 0.0734. The van der Waals surface area contributed by atoms with Gasteiger partial charge >= 0.3 is 5.97 Å². The Hall–Kier alpha value is -5.11. The van der Waals surface area contributed by atoms with Crippen LogP contribution in [-0.2, 0) is 6.61 Å². The predicted molar refractivity (Wildman–Crippen MR) is 148 cm³/mol. The third-order valence-corrected chi connectivity index (χ3v) is 5.73. The molecule has 8 nitrogen and oxygen atoms in total. The topological polar surface area (TPSA) is 95.5 Å². The maximum absolute atomic E-state index is 12.5. The molecule has 198 valence electrons. The van der Waals surface area contributed by atoms with Crippen molar-refractivity contribution in [1.82, 2.24) is 5.43 Å². The van der Waals surface area contributed by atoms with Gasteiger partial charge in [0.25, 0.3) is 5.91 Å². The van der Waals surface area contributed by atoms with Crippen molar-refractivity contribution in [2.45, 2.75) is 13.5 Å². The molecule has 4 aromatic rings. The first-order valence-corrected chi connectivity index (χ1v) is 12.1. The molecule has 0 radical (unpaired) electrons. The van der Waals surface area contributed by atoms with Crippen molar-refractivity contribution in [2.75, 3.05) is 14.2 Å². The maximum Gasteiger partial charge on any atom is 0.343 e. The lowest BCUT2D eigenvalue weighted by Crippen LogP contribution is -2.17. The second-order valence-electron chi connectivity index (χ2n) is 8.53. The number of esters is 1. The number of methoxy groups -OCH3 is 2. The Morgan fingerprint density at radius 3 is 2.08 bits per heavy atom. The molecule has 0 bridgehead atoms. The fourth-order valence-corrected chi connectivity index (χ4v) is 3.53. The number of nitrogens with zero attached hydrogens (tertiary/aromatic N) is 1. The standard InChI is InChI=1S/C31H28N2O6/c1-21-4-6-23(7-5-21)20-38-26-15-10-24(11-16-26)30(34)33-32-19-22-8-13-27(14-9-22)39-31(35)25-12-17-28(36-2)29(18-25)37-3/h4-19H,20H2,1-3H3,(H,33,34)/b32-19-. The monoisotopic (exact) mass is 524 g/mol. The lowest BCUT2D eigenvalue weighted by Gasteiger charge is -2.09. The van der Waals surface area contributed by atoms with E-state index in [1.165, 1.54) is 26.0 Å². The molecule has 4 aromatic carbocycles. The van der Waals surface area contributed by atoms with E-state index in [4.69, 9.17) is 18.9 Å². The van der Waals surface area contributed by atoms with Crippen molar-refractivity contribution in [3.05, 3.63) is 119 Å². The summed E-state index contributed by atoms with van der Waals surface area (Å²) in [7, 11) is 3.02. The van der Waals surface area contributed by atoms with Crippen molar-refractivity contribution in [3.8, 4) is 23.0 Å². The molecule has 0 aliphatic heterocycles. The highest BCUT2D eigenvalue weighted by atomic mass is 16.5. The van der Waals surface area contributed by atoms with Crippen LogP contribution in [0.4, 0.5) is 0 Å². The number of ether oxygens (including phenoxy) is 4. The predicted octanol–water partition coefficient (Wildman–Crippen LogP) is 5.57. The zero-order valence-electron chi connectivity index (χ0n) is 21.8. The Kier molecular flexibility index (Phi) is 8.92. The van der Waals surface area contributed by atoms with Crippen LogP contribution in [0.5, 0.6) is 23.0 Å². The minimum absolute atomic E-state index is 0.326. The summed E-state index contributed by atoms with van der Waals surface area (Å²) in [6.07, 6.45) is 1.50. The van der Waals surface area contributed by atoms with Crippen molar-refractivity contribution in [3.63, 3.8) is 0 Å². The quantitative estimate of drug-likeness (QED) is 0.126. The van der Waals surface area contributed by atoms with Crippen molar-refractivity contribution < 1.29 is 28.5 Å². The molecule has 0 saturated carbocycles. The van der Waals surface area contributed by atoms with Gasteiger partial charge in [0.2, 0.25) is 0 Å². The van der Waals surface area contributed by atoms with Gasteiger partial charge in [-0.05, 0) is 84.8 Å². The Balaban J connectivity index is 1.26. The number of hydrogen-bond donors (Lipinski definition) is 1. The van der Waals surface area contributed by atoms with Gasteiger partial charge in [-0.1, -0.05) is 29.8 Å². The van der Waals surface area contributed by atoms with Crippen LogP contribution in [-0.4, -0.2) is 32.3 Å². The third-order valence-electron chi connectivity index (χ3n) is 5.73. The molecule has 0 saturated heterocycles. The van der Waals surface area contributed by atoms with Gasteiger partial charge in [0.05, 0.1) is 26.0 Å². The van der Waals surface area contributed by atoms with E-state index in [-0.39, 0.29) is 5.91 Å². The number of amides is 1. The molecule has 39 heavy (non-hydrogen) atoms. The molecule has 1 N–H and O–H groups in total. The minimum atomic E-state index is -0.531. The minimum Gasteiger partial charge on any atom is -0.493 e. The third kappa shape index (κ3) is 7.45. The highest BCUT2D eigenvalue weighted by Gasteiger charge is 2.13. The molecule has 0 aromatic heterocycles. The fraction of sp³-hybridized carbons (Fsp3) is 0.129. The Morgan fingerprint density at radius 2 is 1.41 bits per heavy atom. The molecule has 1 amide bonds. The van der Waals surface area contributed by atoms with Crippen LogP contribution in [0, 0.1) is 6.92 Å². The van der Waals surface area contributed by atoms with Gasteiger partial charge in [0.15, 0.2) is 11.5 Å². The number of carbonyl (C=O) groups is 2. The van der Waals surface area contributed by atoms with Gasteiger partial charge in [-0.15, -0.1) is 0 Å². The summed E-state index contributed by atoms with van der Waals surface area (Å²) in [5, 5.41) is 4.01. The molecular weight excluding hydrogens is 496 g/mol. The second kappa shape index (κ2) is 12.9. The molecule has 0 atom stereocenters.